The molecule has 2 aromatic rings. The summed E-state index contributed by atoms with van der Waals surface area (Å²) in [7, 11) is 0. The molecule has 0 amide bonds. The third-order valence-corrected chi connectivity index (χ3v) is 8.53. The van der Waals surface area contributed by atoms with Crippen molar-refractivity contribution in [3.63, 3.8) is 0 Å². The number of ketones is 2. The number of fused-ring (bicyclic) bond motifs is 8. The second kappa shape index (κ2) is 7.99. The van der Waals surface area contributed by atoms with Gasteiger partial charge in [-0.25, -0.2) is 0 Å². The minimum absolute atomic E-state index is 0.0172. The van der Waals surface area contributed by atoms with Crippen LogP contribution in [-0.2, 0) is 38.0 Å². The van der Waals surface area contributed by atoms with Crippen LogP contribution >= 0.6 is 0 Å². The molecule has 5 atom stereocenters. The quantitative estimate of drug-likeness (QED) is 0.261. The lowest BCUT2D eigenvalue weighted by molar-refractivity contribution is -0.363. The molecule has 5 aliphatic heterocycles. The third kappa shape index (κ3) is 2.91. The fourth-order valence-electron chi connectivity index (χ4n) is 6.96. The van der Waals surface area contributed by atoms with Gasteiger partial charge in [0.25, 0.3) is 5.79 Å². The summed E-state index contributed by atoms with van der Waals surface area (Å²) in [5.74, 6) is -5.89. The molecule has 41 heavy (non-hydrogen) atoms. The van der Waals surface area contributed by atoms with E-state index in [9.17, 15) is 19.2 Å². The molecule has 4 fully saturated rings. The number of aryl methyl sites for hydroxylation is 1. The fraction of sp³-hybridized carbons (Fsp3) is 0.448. The zero-order chi connectivity index (χ0) is 28.5. The Morgan fingerprint density at radius 3 is 2.41 bits per heavy atom. The van der Waals surface area contributed by atoms with E-state index in [-0.39, 0.29) is 40.4 Å². The van der Waals surface area contributed by atoms with Gasteiger partial charge in [-0.15, -0.1) is 0 Å². The molecule has 2 bridgehead atoms. The van der Waals surface area contributed by atoms with Gasteiger partial charge in [-0.05, 0) is 31.0 Å². The van der Waals surface area contributed by atoms with Crippen molar-refractivity contribution in [2.75, 3.05) is 19.8 Å². The summed E-state index contributed by atoms with van der Waals surface area (Å²) in [6.45, 7) is 5.03. The Morgan fingerprint density at radius 2 is 1.73 bits per heavy atom. The van der Waals surface area contributed by atoms with Crippen molar-refractivity contribution in [2.45, 2.75) is 62.9 Å². The van der Waals surface area contributed by atoms with Crippen molar-refractivity contribution in [3.05, 3.63) is 57.6 Å². The molecule has 1 aliphatic carbocycles. The molecule has 2 aromatic carbocycles. The van der Waals surface area contributed by atoms with Crippen molar-refractivity contribution in [2.24, 2.45) is 0 Å². The average Bonchev–Trinajstić information content (AvgIpc) is 3.60. The highest BCUT2D eigenvalue weighted by Crippen LogP contribution is 2.71. The van der Waals surface area contributed by atoms with E-state index in [0.29, 0.717) is 30.8 Å². The van der Waals surface area contributed by atoms with E-state index < -0.39 is 59.2 Å². The van der Waals surface area contributed by atoms with E-state index in [1.54, 1.807) is 13.0 Å². The number of hydrogen-bond donors (Lipinski definition) is 0. The van der Waals surface area contributed by atoms with Crippen LogP contribution in [0.1, 0.15) is 69.3 Å². The van der Waals surface area contributed by atoms with Gasteiger partial charge in [0.2, 0.25) is 17.7 Å². The number of benzene rings is 2. The molecular weight excluding hydrogens is 540 g/mol. The summed E-state index contributed by atoms with van der Waals surface area (Å²) in [5, 5.41) is 0. The average molecular weight is 564 g/mol. The van der Waals surface area contributed by atoms with E-state index in [4.69, 9.17) is 37.9 Å². The molecule has 1 spiro atoms. The van der Waals surface area contributed by atoms with Gasteiger partial charge in [-0.3, -0.25) is 19.2 Å². The predicted molar refractivity (Wildman–Crippen MR) is 131 cm³/mol. The maximum absolute atomic E-state index is 14.2. The first-order valence-electron chi connectivity index (χ1n) is 13.3. The molecule has 0 radical (unpaired) electrons. The first kappa shape index (κ1) is 25.1. The van der Waals surface area contributed by atoms with Gasteiger partial charge in [0.05, 0.1) is 30.9 Å². The molecule has 12 heteroatoms. The Morgan fingerprint density at radius 1 is 0.976 bits per heavy atom. The van der Waals surface area contributed by atoms with Crippen LogP contribution in [0.3, 0.4) is 0 Å². The van der Waals surface area contributed by atoms with E-state index in [0.717, 1.165) is 0 Å². The Bertz CT molecular complexity index is 1600. The number of esters is 2. The van der Waals surface area contributed by atoms with Crippen molar-refractivity contribution < 1.29 is 57.1 Å². The first-order valence-corrected chi connectivity index (χ1v) is 13.3. The Hall–Kier alpha value is -3.68. The monoisotopic (exact) mass is 564 g/mol. The zero-order valence-electron chi connectivity index (χ0n) is 22.3. The molecule has 0 N–H and O–H groups in total. The number of hydrogen-bond acceptors (Lipinski definition) is 12. The largest absolute Gasteiger partial charge is 0.446 e. The lowest BCUT2D eigenvalue weighted by Crippen LogP contribution is -2.71. The summed E-state index contributed by atoms with van der Waals surface area (Å²) in [5.41, 5.74) is -0.327. The Kier molecular flexibility index (Phi) is 4.88. The second-order valence-electron chi connectivity index (χ2n) is 10.9. The highest BCUT2D eigenvalue weighted by molar-refractivity contribution is 6.30. The maximum Gasteiger partial charge on any atom is 0.320 e. The van der Waals surface area contributed by atoms with Gasteiger partial charge in [0.15, 0.2) is 11.9 Å². The highest BCUT2D eigenvalue weighted by atomic mass is 16.9. The van der Waals surface area contributed by atoms with Gasteiger partial charge < -0.3 is 37.9 Å². The zero-order valence-corrected chi connectivity index (χ0v) is 22.3. The topological polar surface area (TPSA) is 145 Å². The molecule has 5 heterocycles. The molecular formula is C29H24O12. The molecule has 0 saturated carbocycles. The van der Waals surface area contributed by atoms with Gasteiger partial charge in [-0.1, -0.05) is 12.1 Å². The number of ether oxygens (including phenoxy) is 8. The third-order valence-electron chi connectivity index (χ3n) is 8.53. The summed E-state index contributed by atoms with van der Waals surface area (Å²) in [4.78, 5) is 52.3. The summed E-state index contributed by atoms with van der Waals surface area (Å²) in [6.07, 6.45) is -2.20. The number of epoxide rings is 1. The second-order valence-corrected chi connectivity index (χ2v) is 10.9. The van der Waals surface area contributed by atoms with Crippen LogP contribution in [-0.4, -0.2) is 72.9 Å². The standard InChI is InChI=1S/C29H24O12/c1-12-10-16-20(22(33)19-15(21(16)32)6-4-7-17(19)37-13(2)30)23-18(12)24-25-28(39-23,38-14(3)31)27(11-36-27)29(40-24,41-25)26-34-8-5-9-35-26/h4,6-7,10,24-26H,5,8-9,11H2,1-3H3/t24-,25+,27+,28-,29-/m1/s1. The number of rotatable bonds is 3. The molecule has 212 valence electrons. The van der Waals surface area contributed by atoms with E-state index in [1.807, 2.05) is 0 Å². The van der Waals surface area contributed by atoms with Crippen LogP contribution in [0.15, 0.2) is 24.3 Å². The Labute approximate surface area is 232 Å². The number of carbonyl (C=O) groups is 4. The van der Waals surface area contributed by atoms with E-state index in [2.05, 4.69) is 0 Å². The van der Waals surface area contributed by atoms with Crippen molar-refractivity contribution in [1.29, 1.82) is 0 Å². The van der Waals surface area contributed by atoms with Crippen LogP contribution in [0.25, 0.3) is 0 Å². The van der Waals surface area contributed by atoms with Gasteiger partial charge in [0, 0.05) is 30.5 Å². The highest BCUT2D eigenvalue weighted by Gasteiger charge is 2.94. The first-order chi connectivity index (χ1) is 19.6. The number of carbonyl (C=O) groups excluding carboxylic acids is 4. The van der Waals surface area contributed by atoms with Gasteiger partial charge >= 0.3 is 17.7 Å². The van der Waals surface area contributed by atoms with Crippen molar-refractivity contribution >= 4 is 23.5 Å². The smallest absolute Gasteiger partial charge is 0.320 e. The van der Waals surface area contributed by atoms with Crippen LogP contribution in [0.4, 0.5) is 0 Å². The van der Waals surface area contributed by atoms with Gasteiger partial charge in [-0.2, -0.15) is 0 Å². The summed E-state index contributed by atoms with van der Waals surface area (Å²) < 4.78 is 48.7. The van der Waals surface area contributed by atoms with Crippen LogP contribution in [0, 0.1) is 6.92 Å². The minimum atomic E-state index is -1.88. The van der Waals surface area contributed by atoms with Crippen LogP contribution in [0.2, 0.25) is 0 Å². The SMILES string of the molecule is CC(=O)Oc1cccc2c1C(=O)c1c(cc(C)c3c1O[C@]1(OC(C)=O)[C@H]4O[C@@](C5OCCCO5)(O[C@H]34)[C@]13CO3)C2=O. The molecule has 0 unspecified atom stereocenters. The molecule has 8 rings (SSSR count). The molecule has 6 aliphatic rings. The minimum Gasteiger partial charge on any atom is -0.446 e. The normalized spacial score (nSPS) is 34.0. The Balaban J connectivity index is 1.35. The lowest BCUT2D eigenvalue weighted by Gasteiger charge is -2.49. The summed E-state index contributed by atoms with van der Waals surface area (Å²) >= 11 is 0. The van der Waals surface area contributed by atoms with Gasteiger partial charge in [0.1, 0.15) is 17.6 Å². The van der Waals surface area contributed by atoms with Crippen LogP contribution < -0.4 is 9.47 Å². The predicted octanol–water partition coefficient (Wildman–Crippen LogP) is 2.05. The van der Waals surface area contributed by atoms with E-state index >= 15 is 0 Å². The van der Waals surface area contributed by atoms with Crippen molar-refractivity contribution in [1.82, 2.24) is 0 Å². The maximum atomic E-state index is 14.2. The molecule has 0 aromatic heterocycles. The fourth-order valence-corrected chi connectivity index (χ4v) is 6.96. The molecule has 4 saturated heterocycles. The van der Waals surface area contributed by atoms with Crippen LogP contribution in [0.5, 0.6) is 11.5 Å². The van der Waals surface area contributed by atoms with E-state index in [1.165, 1.54) is 32.0 Å². The lowest BCUT2D eigenvalue weighted by atomic mass is 9.75. The molecule has 12 nitrogen and oxygen atoms in total. The summed E-state index contributed by atoms with van der Waals surface area (Å²) in [6, 6.07) is 6.09. The van der Waals surface area contributed by atoms with Crippen molar-refractivity contribution in [3.8, 4) is 11.5 Å².